The van der Waals surface area contributed by atoms with E-state index in [0.717, 1.165) is 55.9 Å². The average molecular weight is 448 g/mol. The van der Waals surface area contributed by atoms with Gasteiger partial charge in [-0.05, 0) is 50.2 Å². The van der Waals surface area contributed by atoms with Crippen molar-refractivity contribution in [2.75, 3.05) is 33.2 Å². The van der Waals surface area contributed by atoms with Gasteiger partial charge in [0.2, 0.25) is 0 Å². The van der Waals surface area contributed by atoms with E-state index in [1.807, 2.05) is 35.3 Å². The number of carbonyl (C=O) groups excluding carboxylic acids is 1. The van der Waals surface area contributed by atoms with Gasteiger partial charge in [-0.15, -0.1) is 0 Å². The van der Waals surface area contributed by atoms with E-state index in [2.05, 4.69) is 21.9 Å². The minimum absolute atomic E-state index is 0.110. The zero-order valence-corrected chi connectivity index (χ0v) is 18.8. The predicted octanol–water partition coefficient (Wildman–Crippen LogP) is 3.41. The molecule has 1 aromatic heterocycles. The van der Waals surface area contributed by atoms with Crippen molar-refractivity contribution in [1.29, 1.82) is 0 Å². The molecule has 172 valence electrons. The number of carbonyl (C=O) groups is 2. The van der Waals surface area contributed by atoms with E-state index in [0.29, 0.717) is 17.1 Å². The molecule has 8 heteroatoms. The molecule has 2 aliphatic rings. The number of piperazine rings is 1. The molecule has 2 heterocycles. The van der Waals surface area contributed by atoms with Crippen molar-refractivity contribution in [1.82, 2.24) is 24.9 Å². The van der Waals surface area contributed by atoms with Crippen molar-refractivity contribution < 1.29 is 14.7 Å². The monoisotopic (exact) mass is 447 g/mol. The van der Waals surface area contributed by atoms with Gasteiger partial charge in [-0.1, -0.05) is 25.0 Å². The summed E-state index contributed by atoms with van der Waals surface area (Å²) in [5.74, 6) is -0.239. The van der Waals surface area contributed by atoms with Gasteiger partial charge in [0.1, 0.15) is 5.82 Å². The number of benzene rings is 2. The van der Waals surface area contributed by atoms with Crippen LogP contribution in [0, 0.1) is 0 Å². The molecule has 0 bridgehead atoms. The maximum Gasteiger partial charge on any atom is 0.335 e. The van der Waals surface area contributed by atoms with Gasteiger partial charge in [0.05, 0.1) is 16.6 Å². The molecule has 0 atom stereocenters. The Balaban J connectivity index is 1.44. The van der Waals surface area contributed by atoms with E-state index in [1.165, 1.54) is 12.8 Å². The molecule has 0 unspecified atom stereocenters. The smallest absolute Gasteiger partial charge is 0.335 e. The number of hydrogen-bond acceptors (Lipinski definition) is 5. The molecule has 0 radical (unpaired) electrons. The van der Waals surface area contributed by atoms with Crippen LogP contribution in [-0.4, -0.2) is 69.7 Å². The molecule has 3 aromatic rings. The second kappa shape index (κ2) is 8.96. The third kappa shape index (κ3) is 4.36. The molecule has 1 aliphatic heterocycles. The summed E-state index contributed by atoms with van der Waals surface area (Å²) < 4.78 is 2.26. The first kappa shape index (κ1) is 21.6. The van der Waals surface area contributed by atoms with Crippen LogP contribution in [0.4, 0.5) is 0 Å². The SMILES string of the molecule is CN1CCN(NC(=O)c2ccc(-c3nc4cc(C(=O)O)ccc4n3C3CCCC3)cc2)CC1. The number of carboxylic acids is 1. The predicted molar refractivity (Wildman–Crippen MR) is 126 cm³/mol. The van der Waals surface area contributed by atoms with Gasteiger partial charge in [0, 0.05) is 43.3 Å². The standard InChI is InChI=1S/C25H29N5O3/c1-28-12-14-29(15-13-28)27-24(31)18-8-6-17(7-9-18)23-26-21-16-19(25(32)33)10-11-22(21)30(23)20-4-2-3-5-20/h6-11,16,20H,2-5,12-15H2,1H3,(H,27,31)(H,32,33). The summed E-state index contributed by atoms with van der Waals surface area (Å²) in [4.78, 5) is 31.2. The number of hydrogen-bond donors (Lipinski definition) is 2. The lowest BCUT2D eigenvalue weighted by Gasteiger charge is -2.32. The molecule has 8 nitrogen and oxygen atoms in total. The number of nitrogens with zero attached hydrogens (tertiary/aromatic N) is 4. The fraction of sp³-hybridized carbons (Fsp3) is 0.400. The molecule has 1 saturated carbocycles. The summed E-state index contributed by atoms with van der Waals surface area (Å²) in [6, 6.07) is 13.0. The largest absolute Gasteiger partial charge is 0.478 e. The van der Waals surface area contributed by atoms with E-state index < -0.39 is 5.97 Å². The average Bonchev–Trinajstić information content (AvgIpc) is 3.47. The van der Waals surface area contributed by atoms with Crippen LogP contribution in [0.25, 0.3) is 22.4 Å². The second-order valence-corrected chi connectivity index (χ2v) is 9.06. The minimum atomic E-state index is -0.954. The van der Waals surface area contributed by atoms with Crippen LogP contribution in [-0.2, 0) is 0 Å². The third-order valence-electron chi connectivity index (χ3n) is 6.79. The third-order valence-corrected chi connectivity index (χ3v) is 6.79. The van der Waals surface area contributed by atoms with Gasteiger partial charge in [-0.25, -0.2) is 14.8 Å². The molecule has 1 aliphatic carbocycles. The minimum Gasteiger partial charge on any atom is -0.478 e. The van der Waals surface area contributed by atoms with Gasteiger partial charge < -0.3 is 14.6 Å². The lowest BCUT2D eigenvalue weighted by Crippen LogP contribution is -2.52. The molecule has 0 spiro atoms. The Bertz CT molecular complexity index is 1170. The summed E-state index contributed by atoms with van der Waals surface area (Å²) in [7, 11) is 2.08. The normalized spacial score (nSPS) is 18.1. The van der Waals surface area contributed by atoms with Crippen LogP contribution in [0.5, 0.6) is 0 Å². The number of aromatic nitrogens is 2. The number of aromatic carboxylic acids is 1. The topological polar surface area (TPSA) is 90.7 Å². The van der Waals surface area contributed by atoms with Crippen LogP contribution >= 0.6 is 0 Å². The molecule has 2 N–H and O–H groups in total. The number of nitrogens with one attached hydrogen (secondary N) is 1. The Morgan fingerprint density at radius 3 is 2.30 bits per heavy atom. The zero-order valence-electron chi connectivity index (χ0n) is 18.8. The number of amides is 1. The zero-order chi connectivity index (χ0) is 22.9. The van der Waals surface area contributed by atoms with Gasteiger partial charge in [0.25, 0.3) is 5.91 Å². The molecule has 33 heavy (non-hydrogen) atoms. The van der Waals surface area contributed by atoms with E-state index in [9.17, 15) is 14.7 Å². The lowest BCUT2D eigenvalue weighted by atomic mass is 10.1. The Hall–Kier alpha value is -3.23. The molecular weight excluding hydrogens is 418 g/mol. The highest BCUT2D eigenvalue weighted by Crippen LogP contribution is 2.37. The fourth-order valence-electron chi connectivity index (χ4n) is 4.86. The van der Waals surface area contributed by atoms with Crippen molar-refractivity contribution in [2.24, 2.45) is 0 Å². The Morgan fingerprint density at radius 2 is 1.64 bits per heavy atom. The molecule has 1 amide bonds. The first-order chi connectivity index (χ1) is 16.0. The summed E-state index contributed by atoms with van der Waals surface area (Å²) in [6.07, 6.45) is 4.54. The number of rotatable bonds is 5. The van der Waals surface area contributed by atoms with Crippen molar-refractivity contribution in [3.05, 3.63) is 53.6 Å². The number of likely N-dealkylation sites (N-methyl/N-ethyl adjacent to an activating group) is 1. The van der Waals surface area contributed by atoms with Crippen LogP contribution < -0.4 is 5.43 Å². The van der Waals surface area contributed by atoms with Crippen molar-refractivity contribution in [3.63, 3.8) is 0 Å². The molecule has 1 saturated heterocycles. The highest BCUT2D eigenvalue weighted by Gasteiger charge is 2.24. The molecule has 2 fully saturated rings. The maximum absolute atomic E-state index is 12.7. The lowest BCUT2D eigenvalue weighted by molar-refractivity contribution is 0.0661. The van der Waals surface area contributed by atoms with Crippen LogP contribution in [0.15, 0.2) is 42.5 Å². The summed E-state index contributed by atoms with van der Waals surface area (Å²) in [6.45, 7) is 3.48. The molecule has 2 aromatic carbocycles. The van der Waals surface area contributed by atoms with Gasteiger partial charge in [0.15, 0.2) is 0 Å². The Kier molecular flexibility index (Phi) is 5.86. The highest BCUT2D eigenvalue weighted by molar-refractivity contribution is 5.95. The first-order valence-corrected chi connectivity index (χ1v) is 11.6. The van der Waals surface area contributed by atoms with Crippen LogP contribution in [0.1, 0.15) is 52.4 Å². The number of imidazole rings is 1. The van der Waals surface area contributed by atoms with E-state index in [-0.39, 0.29) is 11.5 Å². The molecule has 5 rings (SSSR count). The van der Waals surface area contributed by atoms with Crippen molar-refractivity contribution >= 4 is 22.9 Å². The van der Waals surface area contributed by atoms with Crippen LogP contribution in [0.3, 0.4) is 0 Å². The Labute approximate surface area is 192 Å². The van der Waals surface area contributed by atoms with Crippen molar-refractivity contribution in [3.8, 4) is 11.4 Å². The number of hydrazine groups is 1. The quantitative estimate of drug-likeness (QED) is 0.623. The van der Waals surface area contributed by atoms with Crippen molar-refractivity contribution in [2.45, 2.75) is 31.7 Å². The second-order valence-electron chi connectivity index (χ2n) is 9.06. The number of carboxylic acid groups (broad SMARTS) is 1. The first-order valence-electron chi connectivity index (χ1n) is 11.6. The van der Waals surface area contributed by atoms with E-state index in [4.69, 9.17) is 4.98 Å². The summed E-state index contributed by atoms with van der Waals surface area (Å²) in [5, 5.41) is 11.4. The van der Waals surface area contributed by atoms with Gasteiger partial charge in [-0.3, -0.25) is 10.2 Å². The Morgan fingerprint density at radius 1 is 0.970 bits per heavy atom. The van der Waals surface area contributed by atoms with E-state index in [1.54, 1.807) is 12.1 Å². The van der Waals surface area contributed by atoms with Gasteiger partial charge >= 0.3 is 5.97 Å². The summed E-state index contributed by atoms with van der Waals surface area (Å²) in [5.41, 5.74) is 6.41. The van der Waals surface area contributed by atoms with Gasteiger partial charge in [-0.2, -0.15) is 0 Å². The fourth-order valence-corrected chi connectivity index (χ4v) is 4.86. The van der Waals surface area contributed by atoms with E-state index >= 15 is 0 Å². The van der Waals surface area contributed by atoms with Crippen LogP contribution in [0.2, 0.25) is 0 Å². The summed E-state index contributed by atoms with van der Waals surface area (Å²) >= 11 is 0. The molecular formula is C25H29N5O3. The maximum atomic E-state index is 12.7. The highest BCUT2D eigenvalue weighted by atomic mass is 16.4. The number of fused-ring (bicyclic) bond motifs is 1.